The molecule has 0 atom stereocenters. The highest BCUT2D eigenvalue weighted by molar-refractivity contribution is 5.74. The summed E-state index contributed by atoms with van der Waals surface area (Å²) in [5, 5.41) is 0. The van der Waals surface area contributed by atoms with E-state index in [4.69, 9.17) is 9.47 Å². The number of carbonyl (C=O) groups is 2. The number of hydrogen-bond acceptors (Lipinski definition) is 4. The Morgan fingerprint density at radius 1 is 0.724 bits per heavy atom. The summed E-state index contributed by atoms with van der Waals surface area (Å²) in [5.74, 6) is 0.0969. The first-order valence-electron chi connectivity index (χ1n) is 11.6. The van der Waals surface area contributed by atoms with Crippen molar-refractivity contribution in [3.8, 4) is 5.75 Å². The van der Waals surface area contributed by atoms with Gasteiger partial charge < -0.3 is 9.47 Å². The van der Waals surface area contributed by atoms with E-state index >= 15 is 0 Å². The lowest BCUT2D eigenvalue weighted by atomic mass is 10.1. The Morgan fingerprint density at radius 2 is 1.31 bits per heavy atom. The van der Waals surface area contributed by atoms with Gasteiger partial charge in [0.1, 0.15) is 5.75 Å². The first-order valence-corrected chi connectivity index (χ1v) is 11.6. The van der Waals surface area contributed by atoms with Crippen LogP contribution in [0.15, 0.2) is 24.3 Å². The zero-order valence-corrected chi connectivity index (χ0v) is 18.5. The number of rotatable bonds is 17. The van der Waals surface area contributed by atoms with E-state index in [0.717, 1.165) is 24.8 Å². The van der Waals surface area contributed by atoms with E-state index in [1.165, 1.54) is 51.4 Å². The molecular formula is C25H40O4. The van der Waals surface area contributed by atoms with E-state index in [1.54, 1.807) is 6.07 Å². The largest absolute Gasteiger partial charge is 0.466 e. The summed E-state index contributed by atoms with van der Waals surface area (Å²) >= 11 is 0. The van der Waals surface area contributed by atoms with Gasteiger partial charge in [0.15, 0.2) is 0 Å². The van der Waals surface area contributed by atoms with Gasteiger partial charge >= 0.3 is 11.9 Å². The molecule has 0 heterocycles. The molecule has 0 radical (unpaired) electrons. The van der Waals surface area contributed by atoms with Crippen LogP contribution in [0.4, 0.5) is 0 Å². The fourth-order valence-electron chi connectivity index (χ4n) is 3.29. The Kier molecular flexibility index (Phi) is 14.8. The van der Waals surface area contributed by atoms with Crippen LogP contribution in [-0.4, -0.2) is 18.5 Å². The van der Waals surface area contributed by atoms with Gasteiger partial charge in [-0.3, -0.25) is 9.59 Å². The number of aryl methyl sites for hydroxylation is 1. The Bertz CT molecular complexity index is 568. The first-order chi connectivity index (χ1) is 14.2. The molecule has 0 aliphatic rings. The normalized spacial score (nSPS) is 10.7. The SMILES string of the molecule is CCCCCCCCCCCCOC(=O)CCCC(=O)Oc1ccccc1CC. The molecule has 0 amide bonds. The molecule has 1 rings (SSSR count). The maximum Gasteiger partial charge on any atom is 0.311 e. The molecule has 0 aliphatic heterocycles. The molecule has 0 aromatic heterocycles. The molecule has 0 N–H and O–H groups in total. The van der Waals surface area contributed by atoms with Crippen LogP contribution in [0.3, 0.4) is 0 Å². The molecule has 0 saturated heterocycles. The second-order valence-electron chi connectivity index (χ2n) is 7.69. The topological polar surface area (TPSA) is 52.6 Å². The molecule has 0 bridgehead atoms. The average Bonchev–Trinajstić information content (AvgIpc) is 2.72. The summed E-state index contributed by atoms with van der Waals surface area (Å²) in [5.41, 5.74) is 1.01. The Labute approximate surface area is 177 Å². The molecule has 164 valence electrons. The molecule has 1 aromatic rings. The molecule has 0 fully saturated rings. The molecule has 0 unspecified atom stereocenters. The van der Waals surface area contributed by atoms with Crippen molar-refractivity contribution in [2.75, 3.05) is 6.61 Å². The Balaban J connectivity index is 1.97. The molecule has 4 nitrogen and oxygen atoms in total. The molecular weight excluding hydrogens is 364 g/mol. The molecule has 1 aromatic carbocycles. The smallest absolute Gasteiger partial charge is 0.311 e. The highest BCUT2D eigenvalue weighted by atomic mass is 16.5. The molecule has 4 heteroatoms. The van der Waals surface area contributed by atoms with E-state index in [0.29, 0.717) is 18.8 Å². The van der Waals surface area contributed by atoms with E-state index < -0.39 is 0 Å². The van der Waals surface area contributed by atoms with Crippen molar-refractivity contribution in [3.63, 3.8) is 0 Å². The van der Waals surface area contributed by atoms with Gasteiger partial charge in [-0.25, -0.2) is 0 Å². The minimum absolute atomic E-state index is 0.220. The fraction of sp³-hybridized carbons (Fsp3) is 0.680. The van der Waals surface area contributed by atoms with Crippen molar-refractivity contribution in [1.29, 1.82) is 0 Å². The zero-order valence-electron chi connectivity index (χ0n) is 18.5. The van der Waals surface area contributed by atoms with Gasteiger partial charge in [-0.15, -0.1) is 0 Å². The minimum atomic E-state index is -0.298. The number of ether oxygens (including phenoxy) is 2. The van der Waals surface area contributed by atoms with Gasteiger partial charge in [0.25, 0.3) is 0 Å². The van der Waals surface area contributed by atoms with E-state index in [1.807, 2.05) is 25.1 Å². The van der Waals surface area contributed by atoms with Gasteiger partial charge in [-0.2, -0.15) is 0 Å². The highest BCUT2D eigenvalue weighted by Gasteiger charge is 2.10. The molecule has 29 heavy (non-hydrogen) atoms. The van der Waals surface area contributed by atoms with Gasteiger partial charge in [0.2, 0.25) is 0 Å². The van der Waals surface area contributed by atoms with Crippen LogP contribution in [0.25, 0.3) is 0 Å². The third kappa shape index (κ3) is 13.1. The maximum atomic E-state index is 11.9. The Morgan fingerprint density at radius 3 is 1.97 bits per heavy atom. The van der Waals surface area contributed by atoms with Crippen LogP contribution in [0.2, 0.25) is 0 Å². The fourth-order valence-corrected chi connectivity index (χ4v) is 3.29. The summed E-state index contributed by atoms with van der Waals surface area (Å²) in [7, 11) is 0. The van der Waals surface area contributed by atoms with Gasteiger partial charge in [0.05, 0.1) is 6.61 Å². The predicted octanol–water partition coefficient (Wildman–Crippen LogP) is 6.79. The quantitative estimate of drug-likeness (QED) is 0.163. The number of benzene rings is 1. The number of unbranched alkanes of at least 4 members (excludes halogenated alkanes) is 9. The molecule has 0 aliphatic carbocycles. The average molecular weight is 405 g/mol. The van der Waals surface area contributed by atoms with Crippen molar-refractivity contribution in [2.24, 2.45) is 0 Å². The van der Waals surface area contributed by atoms with Crippen molar-refractivity contribution >= 4 is 11.9 Å². The van der Waals surface area contributed by atoms with Crippen LogP contribution < -0.4 is 4.74 Å². The third-order valence-electron chi connectivity index (χ3n) is 5.10. The van der Waals surface area contributed by atoms with Gasteiger partial charge in [-0.1, -0.05) is 89.8 Å². The number of carbonyl (C=O) groups excluding carboxylic acids is 2. The van der Waals surface area contributed by atoms with Crippen molar-refractivity contribution in [3.05, 3.63) is 29.8 Å². The number of hydrogen-bond donors (Lipinski definition) is 0. The van der Waals surface area contributed by atoms with E-state index in [-0.39, 0.29) is 24.8 Å². The van der Waals surface area contributed by atoms with E-state index in [9.17, 15) is 9.59 Å². The lowest BCUT2D eigenvalue weighted by molar-refractivity contribution is -0.144. The first kappa shape index (κ1) is 25.2. The summed E-state index contributed by atoms with van der Waals surface area (Å²) in [6, 6.07) is 7.54. The summed E-state index contributed by atoms with van der Waals surface area (Å²) in [4.78, 5) is 23.7. The van der Waals surface area contributed by atoms with Gasteiger partial charge in [-0.05, 0) is 30.9 Å². The monoisotopic (exact) mass is 404 g/mol. The Hall–Kier alpha value is -1.84. The highest BCUT2D eigenvalue weighted by Crippen LogP contribution is 2.19. The summed E-state index contributed by atoms with van der Waals surface area (Å²) in [6.07, 6.45) is 14.4. The van der Waals surface area contributed by atoms with E-state index in [2.05, 4.69) is 6.92 Å². The van der Waals surface area contributed by atoms with Crippen molar-refractivity contribution < 1.29 is 19.1 Å². The minimum Gasteiger partial charge on any atom is -0.466 e. The zero-order chi connectivity index (χ0) is 21.2. The predicted molar refractivity (Wildman–Crippen MR) is 118 cm³/mol. The van der Waals surface area contributed by atoms with Crippen LogP contribution in [0.5, 0.6) is 5.75 Å². The lowest BCUT2D eigenvalue weighted by Gasteiger charge is -2.08. The second-order valence-corrected chi connectivity index (χ2v) is 7.69. The molecule has 0 spiro atoms. The maximum absolute atomic E-state index is 11.9. The van der Waals surface area contributed by atoms with Crippen LogP contribution >= 0.6 is 0 Å². The number of para-hydroxylation sites is 1. The van der Waals surface area contributed by atoms with Crippen LogP contribution in [-0.2, 0) is 20.7 Å². The van der Waals surface area contributed by atoms with Crippen molar-refractivity contribution in [1.82, 2.24) is 0 Å². The summed E-state index contributed by atoms with van der Waals surface area (Å²) in [6.45, 7) is 4.76. The standard InChI is InChI=1S/C25H40O4/c1-3-5-6-7-8-9-10-11-12-15-21-28-24(26)19-16-20-25(27)29-23-18-14-13-17-22(23)4-2/h13-14,17-18H,3-12,15-16,19-21H2,1-2H3. The van der Waals surface area contributed by atoms with Crippen molar-refractivity contribution in [2.45, 2.75) is 104 Å². The van der Waals surface area contributed by atoms with Gasteiger partial charge in [0, 0.05) is 12.8 Å². The second kappa shape index (κ2) is 17.1. The van der Waals surface area contributed by atoms with Crippen LogP contribution in [0, 0.1) is 0 Å². The third-order valence-corrected chi connectivity index (χ3v) is 5.10. The lowest BCUT2D eigenvalue weighted by Crippen LogP contribution is -2.11. The summed E-state index contributed by atoms with van der Waals surface area (Å²) < 4.78 is 10.7. The number of esters is 2. The molecule has 0 saturated carbocycles. The van der Waals surface area contributed by atoms with Crippen LogP contribution in [0.1, 0.15) is 103 Å².